The van der Waals surface area contributed by atoms with Crippen molar-refractivity contribution in [1.82, 2.24) is 5.32 Å². The van der Waals surface area contributed by atoms with Gasteiger partial charge in [0.2, 0.25) is 0 Å². The second-order valence-electron chi connectivity index (χ2n) is 3.37. The summed E-state index contributed by atoms with van der Waals surface area (Å²) < 4.78 is 0. The molecule has 0 radical (unpaired) electrons. The van der Waals surface area contributed by atoms with Crippen molar-refractivity contribution in [2.24, 2.45) is 11.8 Å². The van der Waals surface area contributed by atoms with E-state index in [4.69, 9.17) is 5.26 Å². The van der Waals surface area contributed by atoms with E-state index in [0.29, 0.717) is 18.3 Å². The Bertz CT molecular complexity index is 175. The Morgan fingerprint density at radius 1 is 1.75 bits per heavy atom. The number of nitrogens with zero attached hydrogens (tertiary/aromatic N) is 1. The Kier molecular flexibility index (Phi) is 3.83. The number of piperidine rings is 1. The van der Waals surface area contributed by atoms with Crippen LogP contribution in [0, 0.1) is 23.2 Å². The van der Waals surface area contributed by atoms with Crippen molar-refractivity contribution >= 4 is 0 Å². The summed E-state index contributed by atoms with van der Waals surface area (Å²) in [6, 6.07) is 2.22. The van der Waals surface area contributed by atoms with Gasteiger partial charge in [0.25, 0.3) is 0 Å². The molecule has 1 fully saturated rings. The Hall–Kier alpha value is -0.810. The molecule has 1 aliphatic heterocycles. The Balaban J connectivity index is 2.41. The van der Waals surface area contributed by atoms with Crippen LogP contribution in [0.5, 0.6) is 0 Å². The molecule has 2 heteroatoms. The monoisotopic (exact) mass is 164 g/mol. The molecule has 12 heavy (non-hydrogen) atoms. The van der Waals surface area contributed by atoms with Gasteiger partial charge in [0.1, 0.15) is 0 Å². The molecule has 0 aromatic rings. The summed E-state index contributed by atoms with van der Waals surface area (Å²) in [4.78, 5) is 0. The van der Waals surface area contributed by atoms with E-state index < -0.39 is 0 Å². The maximum absolute atomic E-state index is 8.58. The van der Waals surface area contributed by atoms with Crippen LogP contribution >= 0.6 is 0 Å². The van der Waals surface area contributed by atoms with E-state index in [0.717, 1.165) is 13.1 Å². The molecule has 1 heterocycles. The molecule has 0 aromatic carbocycles. The van der Waals surface area contributed by atoms with Gasteiger partial charge in [-0.3, -0.25) is 0 Å². The van der Waals surface area contributed by atoms with Crippen LogP contribution in [-0.2, 0) is 0 Å². The lowest BCUT2D eigenvalue weighted by molar-refractivity contribution is 0.306. The third-order valence-electron chi connectivity index (χ3n) is 2.57. The fourth-order valence-corrected chi connectivity index (χ4v) is 1.79. The zero-order chi connectivity index (χ0) is 8.81. The Morgan fingerprint density at radius 3 is 3.08 bits per heavy atom. The smallest absolute Gasteiger partial charge is 0.0628 e. The minimum absolute atomic E-state index is 0.391. The molecule has 0 aliphatic carbocycles. The highest BCUT2D eigenvalue weighted by Gasteiger charge is 2.20. The standard InChI is InChI=1S/C10H16N2/c1-2-9(5-6-11)10-4-3-7-12-8-10/h2,9-10,12H,1,3-5,7-8H2. The van der Waals surface area contributed by atoms with Crippen molar-refractivity contribution in [3.8, 4) is 6.07 Å². The van der Waals surface area contributed by atoms with E-state index in [1.807, 2.05) is 6.08 Å². The number of nitriles is 1. The lowest BCUT2D eigenvalue weighted by atomic mass is 9.84. The molecule has 0 saturated carbocycles. The second kappa shape index (κ2) is 4.95. The minimum atomic E-state index is 0.391. The Morgan fingerprint density at radius 2 is 2.58 bits per heavy atom. The molecule has 2 nitrogen and oxygen atoms in total. The topological polar surface area (TPSA) is 35.8 Å². The van der Waals surface area contributed by atoms with Gasteiger partial charge in [-0.15, -0.1) is 6.58 Å². The van der Waals surface area contributed by atoms with E-state index in [1.165, 1.54) is 12.8 Å². The number of hydrogen-bond acceptors (Lipinski definition) is 2. The summed E-state index contributed by atoms with van der Waals surface area (Å²) in [5, 5.41) is 11.9. The summed E-state index contributed by atoms with van der Waals surface area (Å²) >= 11 is 0. The van der Waals surface area contributed by atoms with Crippen molar-refractivity contribution in [1.29, 1.82) is 5.26 Å². The highest BCUT2D eigenvalue weighted by molar-refractivity contribution is 4.92. The largest absolute Gasteiger partial charge is 0.316 e. The lowest BCUT2D eigenvalue weighted by Crippen LogP contribution is -2.33. The van der Waals surface area contributed by atoms with Crippen molar-refractivity contribution in [2.45, 2.75) is 19.3 Å². The molecule has 0 amide bonds. The van der Waals surface area contributed by atoms with Gasteiger partial charge < -0.3 is 5.32 Å². The summed E-state index contributed by atoms with van der Waals surface area (Å²) in [6.45, 7) is 5.96. The van der Waals surface area contributed by atoms with E-state index in [2.05, 4.69) is 18.0 Å². The van der Waals surface area contributed by atoms with Crippen LogP contribution < -0.4 is 5.32 Å². The zero-order valence-corrected chi connectivity index (χ0v) is 7.42. The van der Waals surface area contributed by atoms with E-state index in [1.54, 1.807) is 0 Å². The molecule has 2 unspecified atom stereocenters. The fourth-order valence-electron chi connectivity index (χ4n) is 1.79. The molecule has 1 N–H and O–H groups in total. The first kappa shape index (κ1) is 9.28. The highest BCUT2D eigenvalue weighted by atomic mass is 14.9. The normalized spacial score (nSPS) is 25.8. The zero-order valence-electron chi connectivity index (χ0n) is 7.42. The maximum atomic E-state index is 8.58. The molecule has 1 saturated heterocycles. The third-order valence-corrected chi connectivity index (χ3v) is 2.57. The van der Waals surface area contributed by atoms with Crippen LogP contribution in [0.25, 0.3) is 0 Å². The van der Waals surface area contributed by atoms with Crippen molar-refractivity contribution in [2.75, 3.05) is 13.1 Å². The van der Waals surface area contributed by atoms with Gasteiger partial charge in [0.05, 0.1) is 6.07 Å². The molecular weight excluding hydrogens is 148 g/mol. The summed E-state index contributed by atoms with van der Waals surface area (Å²) in [5.41, 5.74) is 0. The van der Waals surface area contributed by atoms with Crippen LogP contribution in [0.15, 0.2) is 12.7 Å². The van der Waals surface area contributed by atoms with Crippen molar-refractivity contribution < 1.29 is 0 Å². The first-order chi connectivity index (χ1) is 5.88. The van der Waals surface area contributed by atoms with Gasteiger partial charge in [-0.05, 0) is 37.8 Å². The molecule has 0 bridgehead atoms. The number of rotatable bonds is 3. The third kappa shape index (κ3) is 2.35. The average molecular weight is 164 g/mol. The molecule has 2 atom stereocenters. The first-order valence-electron chi connectivity index (χ1n) is 4.58. The molecule has 1 aliphatic rings. The SMILES string of the molecule is C=CC(CC#N)C1CCCNC1. The van der Waals surface area contributed by atoms with Gasteiger partial charge in [-0.2, -0.15) is 5.26 Å². The molecule has 1 rings (SSSR count). The summed E-state index contributed by atoms with van der Waals surface area (Å²) in [5.74, 6) is 1.03. The quantitative estimate of drug-likeness (QED) is 0.644. The minimum Gasteiger partial charge on any atom is -0.316 e. The van der Waals surface area contributed by atoms with Crippen molar-refractivity contribution in [3.05, 3.63) is 12.7 Å². The summed E-state index contributed by atoms with van der Waals surface area (Å²) in [7, 11) is 0. The molecule has 0 aromatic heterocycles. The van der Waals surface area contributed by atoms with Gasteiger partial charge in [0.15, 0.2) is 0 Å². The van der Waals surface area contributed by atoms with Gasteiger partial charge in [-0.25, -0.2) is 0 Å². The van der Waals surface area contributed by atoms with Crippen LogP contribution in [0.2, 0.25) is 0 Å². The predicted molar refractivity (Wildman–Crippen MR) is 49.5 cm³/mol. The average Bonchev–Trinajstić information content (AvgIpc) is 2.15. The van der Waals surface area contributed by atoms with Gasteiger partial charge in [0, 0.05) is 6.42 Å². The molecule has 0 spiro atoms. The van der Waals surface area contributed by atoms with E-state index in [-0.39, 0.29) is 0 Å². The highest BCUT2D eigenvalue weighted by Crippen LogP contribution is 2.23. The predicted octanol–water partition coefficient (Wildman–Crippen LogP) is 1.70. The first-order valence-corrected chi connectivity index (χ1v) is 4.58. The van der Waals surface area contributed by atoms with Crippen LogP contribution in [0.4, 0.5) is 0 Å². The van der Waals surface area contributed by atoms with Crippen LogP contribution in [0.1, 0.15) is 19.3 Å². The van der Waals surface area contributed by atoms with Gasteiger partial charge >= 0.3 is 0 Å². The van der Waals surface area contributed by atoms with Crippen LogP contribution in [0.3, 0.4) is 0 Å². The number of allylic oxidation sites excluding steroid dienone is 1. The number of nitrogens with one attached hydrogen (secondary N) is 1. The number of hydrogen-bond donors (Lipinski definition) is 1. The van der Waals surface area contributed by atoms with Crippen LogP contribution in [-0.4, -0.2) is 13.1 Å². The van der Waals surface area contributed by atoms with Crippen molar-refractivity contribution in [3.63, 3.8) is 0 Å². The van der Waals surface area contributed by atoms with E-state index in [9.17, 15) is 0 Å². The van der Waals surface area contributed by atoms with E-state index >= 15 is 0 Å². The lowest BCUT2D eigenvalue weighted by Gasteiger charge is -2.27. The molecular formula is C10H16N2. The second-order valence-corrected chi connectivity index (χ2v) is 3.37. The summed E-state index contributed by atoms with van der Waals surface area (Å²) in [6.07, 6.45) is 5.03. The molecule has 66 valence electrons. The van der Waals surface area contributed by atoms with Gasteiger partial charge in [-0.1, -0.05) is 6.08 Å². The Labute approximate surface area is 74.3 Å². The maximum Gasteiger partial charge on any atom is 0.0628 e. The fraction of sp³-hybridized carbons (Fsp3) is 0.700.